The first-order valence-corrected chi connectivity index (χ1v) is 6.22. The number of rotatable bonds is 1. The molecule has 0 amide bonds. The second kappa shape index (κ2) is 3.82. The van der Waals surface area contributed by atoms with Crippen LogP contribution in [0.1, 0.15) is 5.56 Å². The summed E-state index contributed by atoms with van der Waals surface area (Å²) in [7, 11) is 0.961. The third kappa shape index (κ3) is 2.25. The average molecular weight is 305 g/mol. The maximum Gasteiger partial charge on any atom is 0.419 e. The summed E-state index contributed by atoms with van der Waals surface area (Å²) in [5.74, 6) is 0. The van der Waals surface area contributed by atoms with E-state index < -0.39 is 11.7 Å². The standard InChI is InChI=1S/C6H3F3INS/c7-6(8,9)4-2-1-3-11-5(4)12-10/h1-3H. The second-order valence-corrected chi connectivity index (χ2v) is 3.79. The molecule has 1 aromatic heterocycles. The molecular weight excluding hydrogens is 302 g/mol. The van der Waals surface area contributed by atoms with E-state index in [1.807, 2.05) is 0 Å². The third-order valence-electron chi connectivity index (χ3n) is 1.15. The van der Waals surface area contributed by atoms with Gasteiger partial charge in [0.15, 0.2) is 0 Å². The van der Waals surface area contributed by atoms with E-state index in [-0.39, 0.29) is 5.03 Å². The number of aromatic nitrogens is 1. The van der Waals surface area contributed by atoms with E-state index >= 15 is 0 Å². The molecule has 0 N–H and O–H groups in total. The summed E-state index contributed by atoms with van der Waals surface area (Å²) in [4.78, 5) is 3.60. The molecular formula is C6H3F3INS. The Bertz CT molecular complexity index is 276. The number of halogens is 4. The van der Waals surface area contributed by atoms with Crippen LogP contribution in [0.2, 0.25) is 0 Å². The van der Waals surface area contributed by atoms with E-state index in [9.17, 15) is 13.2 Å². The van der Waals surface area contributed by atoms with Gasteiger partial charge in [0, 0.05) is 27.4 Å². The molecule has 6 heteroatoms. The van der Waals surface area contributed by atoms with Crippen molar-refractivity contribution >= 4 is 30.1 Å². The van der Waals surface area contributed by atoms with Crippen LogP contribution in [-0.2, 0) is 6.18 Å². The molecule has 0 aliphatic heterocycles. The quantitative estimate of drug-likeness (QED) is 0.736. The molecule has 0 atom stereocenters. The van der Waals surface area contributed by atoms with E-state index in [4.69, 9.17) is 0 Å². The van der Waals surface area contributed by atoms with Crippen LogP contribution in [0, 0.1) is 0 Å². The minimum Gasteiger partial charge on any atom is -0.249 e. The van der Waals surface area contributed by atoms with Gasteiger partial charge in [-0.05, 0) is 21.1 Å². The van der Waals surface area contributed by atoms with Crippen molar-refractivity contribution in [3.8, 4) is 0 Å². The molecule has 0 aliphatic carbocycles. The number of hydrogen-bond donors (Lipinski definition) is 0. The highest BCUT2D eigenvalue weighted by atomic mass is 127. The fourth-order valence-electron chi connectivity index (χ4n) is 0.668. The fourth-order valence-corrected chi connectivity index (χ4v) is 2.09. The van der Waals surface area contributed by atoms with Gasteiger partial charge in [0.05, 0.1) is 5.56 Å². The molecule has 0 bridgehead atoms. The topological polar surface area (TPSA) is 12.9 Å². The number of alkyl halides is 3. The minimum atomic E-state index is -4.30. The summed E-state index contributed by atoms with van der Waals surface area (Å²) in [5, 5.41) is 0.00519. The summed E-state index contributed by atoms with van der Waals surface area (Å²) in [5.41, 5.74) is -0.676. The lowest BCUT2D eigenvalue weighted by Crippen LogP contribution is -2.06. The Balaban J connectivity index is 3.14. The predicted molar refractivity (Wildman–Crippen MR) is 49.1 cm³/mol. The molecule has 66 valence electrons. The van der Waals surface area contributed by atoms with Gasteiger partial charge in [0.2, 0.25) is 0 Å². The number of hydrogen-bond acceptors (Lipinski definition) is 2. The van der Waals surface area contributed by atoms with E-state index in [0.29, 0.717) is 0 Å². The predicted octanol–water partition coefficient (Wildman–Crippen LogP) is 3.54. The van der Waals surface area contributed by atoms with Gasteiger partial charge in [-0.25, -0.2) is 4.98 Å². The van der Waals surface area contributed by atoms with Crippen LogP contribution < -0.4 is 0 Å². The number of pyridine rings is 1. The summed E-state index contributed by atoms with van der Waals surface area (Å²) < 4.78 is 36.5. The van der Waals surface area contributed by atoms with Gasteiger partial charge in [-0.1, -0.05) is 0 Å². The SMILES string of the molecule is FC(F)(F)c1cccnc1SI. The van der Waals surface area contributed by atoms with Crippen LogP contribution in [0.3, 0.4) is 0 Å². The van der Waals surface area contributed by atoms with Gasteiger partial charge >= 0.3 is 6.18 Å². The first kappa shape index (κ1) is 10.1. The van der Waals surface area contributed by atoms with Crippen LogP contribution in [0.15, 0.2) is 23.4 Å². The van der Waals surface area contributed by atoms with Crippen molar-refractivity contribution in [2.24, 2.45) is 0 Å². The Morgan fingerprint density at radius 3 is 2.50 bits per heavy atom. The van der Waals surface area contributed by atoms with Crippen molar-refractivity contribution in [3.63, 3.8) is 0 Å². The van der Waals surface area contributed by atoms with Crippen molar-refractivity contribution in [1.82, 2.24) is 4.98 Å². The van der Waals surface area contributed by atoms with E-state index in [2.05, 4.69) is 4.98 Å². The Morgan fingerprint density at radius 1 is 1.42 bits per heavy atom. The highest BCUT2D eigenvalue weighted by Crippen LogP contribution is 2.37. The first-order valence-electron chi connectivity index (χ1n) is 2.86. The fraction of sp³-hybridized carbons (Fsp3) is 0.167. The van der Waals surface area contributed by atoms with Crippen molar-refractivity contribution < 1.29 is 13.2 Å². The zero-order chi connectivity index (χ0) is 9.19. The zero-order valence-corrected chi connectivity index (χ0v) is 8.57. The highest BCUT2D eigenvalue weighted by molar-refractivity contribution is 14.2. The minimum absolute atomic E-state index is 0.00519. The highest BCUT2D eigenvalue weighted by Gasteiger charge is 2.33. The van der Waals surface area contributed by atoms with Gasteiger partial charge in [-0.15, -0.1) is 0 Å². The molecule has 0 saturated heterocycles. The van der Waals surface area contributed by atoms with Crippen molar-refractivity contribution in [2.75, 3.05) is 0 Å². The Hall–Kier alpha value is 0.0200. The number of nitrogens with zero attached hydrogens (tertiary/aromatic N) is 1. The van der Waals surface area contributed by atoms with Crippen LogP contribution >= 0.6 is 30.1 Å². The van der Waals surface area contributed by atoms with Gasteiger partial charge < -0.3 is 0 Å². The molecule has 1 heterocycles. The summed E-state index contributed by atoms with van der Waals surface area (Å²) >= 11 is 1.77. The lowest BCUT2D eigenvalue weighted by molar-refractivity contribution is -0.140. The monoisotopic (exact) mass is 305 g/mol. The molecule has 0 spiro atoms. The van der Waals surface area contributed by atoms with Gasteiger partial charge in [-0.2, -0.15) is 13.2 Å². The molecule has 12 heavy (non-hydrogen) atoms. The van der Waals surface area contributed by atoms with Gasteiger partial charge in [-0.3, -0.25) is 0 Å². The normalized spacial score (nSPS) is 11.7. The third-order valence-corrected chi connectivity index (χ3v) is 2.87. The Kier molecular flexibility index (Phi) is 3.22. The average Bonchev–Trinajstić information content (AvgIpc) is 2.03. The maximum atomic E-state index is 12.2. The molecule has 1 nitrogen and oxygen atoms in total. The molecule has 0 radical (unpaired) electrons. The first-order chi connectivity index (χ1) is 5.55. The van der Waals surface area contributed by atoms with Crippen molar-refractivity contribution in [3.05, 3.63) is 23.9 Å². The zero-order valence-electron chi connectivity index (χ0n) is 5.60. The van der Waals surface area contributed by atoms with Crippen molar-refractivity contribution in [1.29, 1.82) is 0 Å². The van der Waals surface area contributed by atoms with Gasteiger partial charge in [0.25, 0.3) is 0 Å². The van der Waals surface area contributed by atoms with E-state index in [1.165, 1.54) is 12.3 Å². The lowest BCUT2D eigenvalue weighted by atomic mass is 10.3. The maximum absolute atomic E-state index is 12.2. The molecule has 1 rings (SSSR count). The Morgan fingerprint density at radius 2 is 2.08 bits per heavy atom. The summed E-state index contributed by atoms with van der Waals surface area (Å²) in [6.07, 6.45) is -2.96. The molecule has 0 aromatic carbocycles. The molecule has 1 aromatic rings. The molecule has 0 saturated carbocycles. The van der Waals surface area contributed by atoms with Crippen LogP contribution in [-0.4, -0.2) is 4.98 Å². The van der Waals surface area contributed by atoms with Gasteiger partial charge in [0.1, 0.15) is 5.03 Å². The Labute approximate surface area is 83.3 Å². The van der Waals surface area contributed by atoms with Crippen molar-refractivity contribution in [2.45, 2.75) is 11.2 Å². The molecule has 0 fully saturated rings. The summed E-state index contributed by atoms with van der Waals surface area (Å²) in [6.45, 7) is 0. The molecule has 0 unspecified atom stereocenters. The lowest BCUT2D eigenvalue weighted by Gasteiger charge is -2.08. The van der Waals surface area contributed by atoms with E-state index in [1.54, 1.807) is 21.2 Å². The van der Waals surface area contributed by atoms with Crippen LogP contribution in [0.5, 0.6) is 0 Å². The van der Waals surface area contributed by atoms with Crippen LogP contribution in [0.4, 0.5) is 13.2 Å². The summed E-state index contributed by atoms with van der Waals surface area (Å²) in [6, 6.07) is 2.30. The largest absolute Gasteiger partial charge is 0.419 e. The second-order valence-electron chi connectivity index (χ2n) is 1.93. The molecule has 0 aliphatic rings. The van der Waals surface area contributed by atoms with E-state index in [0.717, 1.165) is 15.0 Å². The smallest absolute Gasteiger partial charge is 0.249 e. The van der Waals surface area contributed by atoms with Crippen LogP contribution in [0.25, 0.3) is 0 Å².